The zero-order valence-electron chi connectivity index (χ0n) is 56.1. The van der Waals surface area contributed by atoms with Gasteiger partial charge in [0.25, 0.3) is 0 Å². The first-order chi connectivity index (χ1) is 44.2. The first-order valence-corrected chi connectivity index (χ1v) is 29.9. The number of hydrogen-bond acceptors (Lipinski definition) is 22. The van der Waals surface area contributed by atoms with Crippen molar-refractivity contribution in [1.82, 2.24) is 42.5 Å². The molecule has 0 saturated carbocycles. The summed E-state index contributed by atoms with van der Waals surface area (Å²) >= 11 is 3.81. The van der Waals surface area contributed by atoms with Gasteiger partial charge in [-0.2, -0.15) is 22.2 Å². The van der Waals surface area contributed by atoms with Crippen molar-refractivity contribution >= 4 is 108 Å². The van der Waals surface area contributed by atoms with Crippen LogP contribution in [0, 0.1) is 16.7 Å². The Labute approximate surface area is 561 Å². The third kappa shape index (κ3) is 66.1. The standard InChI is InChI=1S/C33H46N6O15S.2C5H9NO4.C5H11NO2.2C5H12.CO2/c40-24(13-20(14-27(44)45)29(48)38-23(17-55)31(51)52)22(15-28(46)47)37-25(41)12-18-6-8-19(9-7-18)16-36-32(53)34-10-2-1-4-21(30(49)50)39-33(54)35-11-3-5-26(42)43;2*1-6-3(5(9)10)2-4(7)8;1-3-4(6)5(7)8-2;2*1-5(2,3)4;2-1-3/h6-9,20-23,55H,1-5,10-17H2,(H,37,41)(H,38,48)(H,42,43)(H,44,45)(H,46,47)(H,49,50)(H,51,52)(H2,34,36,53)(H2,35,39,54);2*3,6H,2H2,1H3,(H,7,8)(H,9,10);4H,3,6H2,1-2H3;2*1-4H3;/t20-,21-,22-,23-;2*3-;;;;/m000..../s1. The van der Waals surface area contributed by atoms with Gasteiger partial charge in [0.15, 0.2) is 5.78 Å². The van der Waals surface area contributed by atoms with Gasteiger partial charge in [0, 0.05) is 38.2 Å². The lowest BCUT2D eigenvalue weighted by molar-refractivity contribution is -0.192. The average molecular weight is 1400 g/mol. The number of unbranched alkanes of at least 4 members (excludes halogenated alkanes) is 1. The highest BCUT2D eigenvalue weighted by Gasteiger charge is 2.32. The zero-order valence-corrected chi connectivity index (χ0v) is 57.0. The summed E-state index contributed by atoms with van der Waals surface area (Å²) in [5.74, 6) is -16.2. The lowest BCUT2D eigenvalue weighted by atomic mass is 9.93. The molecule has 1 aromatic carbocycles. The number of hydrogen-bond donors (Lipinski definition) is 19. The highest BCUT2D eigenvalue weighted by molar-refractivity contribution is 7.80. The molecule has 0 spiro atoms. The lowest BCUT2D eigenvalue weighted by Crippen LogP contribution is -2.47. The zero-order chi connectivity index (χ0) is 76.1. The van der Waals surface area contributed by atoms with Crippen LogP contribution in [0.25, 0.3) is 0 Å². The number of rotatable bonds is 37. The molecule has 0 saturated heterocycles. The van der Waals surface area contributed by atoms with Crippen molar-refractivity contribution in [2.75, 3.05) is 40.0 Å². The predicted molar refractivity (Wildman–Crippen MR) is 343 cm³/mol. The fraction of sp³-hybridized carbons (Fsp3) is 0.627. The van der Waals surface area contributed by atoms with E-state index in [0.29, 0.717) is 41.2 Å². The first-order valence-electron chi connectivity index (χ1n) is 29.2. The summed E-state index contributed by atoms with van der Waals surface area (Å²) in [5.41, 5.74) is 7.34. The fourth-order valence-corrected chi connectivity index (χ4v) is 6.32. The van der Waals surface area contributed by atoms with E-state index >= 15 is 0 Å². The van der Waals surface area contributed by atoms with E-state index in [1.165, 1.54) is 21.2 Å². The molecule has 0 radical (unpaired) electrons. The number of amides is 6. The van der Waals surface area contributed by atoms with Crippen LogP contribution in [0.1, 0.15) is 144 Å². The molecule has 1 rings (SSSR count). The van der Waals surface area contributed by atoms with E-state index < -0.39 is 158 Å². The number of carbonyl (C=O) groups is 15. The summed E-state index contributed by atoms with van der Waals surface area (Å²) in [4.78, 5) is 185. The second kappa shape index (κ2) is 56.1. The monoisotopic (exact) mass is 1400 g/mol. The van der Waals surface area contributed by atoms with Gasteiger partial charge in [-0.05, 0) is 68.2 Å². The van der Waals surface area contributed by atoms with E-state index in [4.69, 9.17) is 46.0 Å². The molecule has 0 bridgehead atoms. The van der Waals surface area contributed by atoms with Gasteiger partial charge in [-0.3, -0.25) is 52.7 Å². The minimum Gasteiger partial charge on any atom is -0.481 e. The number of methoxy groups -OCH3 is 1. The predicted octanol–water partition coefficient (Wildman–Crippen LogP) is 1.01. The Kier molecular flexibility index (Phi) is 57.1. The van der Waals surface area contributed by atoms with Crippen molar-refractivity contribution in [3.05, 3.63) is 35.4 Å². The summed E-state index contributed by atoms with van der Waals surface area (Å²) < 4.78 is 4.34. The van der Waals surface area contributed by atoms with E-state index in [0.717, 1.165) is 0 Å². The summed E-state index contributed by atoms with van der Waals surface area (Å²) in [6.45, 7) is 19.7. The molecule has 1 aromatic rings. The summed E-state index contributed by atoms with van der Waals surface area (Å²) in [5, 5.41) is 97.5. The third-order valence-corrected chi connectivity index (χ3v) is 11.0. The Morgan fingerprint density at radius 2 is 0.917 bits per heavy atom. The van der Waals surface area contributed by atoms with Crippen molar-refractivity contribution in [3.63, 3.8) is 0 Å². The molecule has 548 valence electrons. The van der Waals surface area contributed by atoms with Crippen LogP contribution >= 0.6 is 12.6 Å². The number of carboxylic acids is 9. The summed E-state index contributed by atoms with van der Waals surface area (Å²) in [7, 11) is 4.14. The van der Waals surface area contributed by atoms with Crippen molar-refractivity contribution in [2.24, 2.45) is 22.5 Å². The number of aliphatic carboxylic acids is 9. The first kappa shape index (κ1) is 97.8. The number of carboxylic acid groups (broad SMARTS) is 9. The molecular weight excluding hydrogens is 1300 g/mol. The second-order valence-corrected chi connectivity index (χ2v) is 23.7. The van der Waals surface area contributed by atoms with Gasteiger partial charge < -0.3 is 99.0 Å². The number of likely N-dealkylation sites (N-methyl/N-ethyl adjacent to an activating group) is 2. The average Bonchev–Trinajstić information content (AvgIpc) is 0.888. The molecule has 6 amide bonds. The largest absolute Gasteiger partial charge is 0.481 e. The smallest absolute Gasteiger partial charge is 0.373 e. The molecule has 19 N–H and O–H groups in total. The molecule has 1 unspecified atom stereocenters. The van der Waals surface area contributed by atoms with E-state index in [2.05, 4.69) is 115 Å². The number of benzene rings is 1. The maximum absolute atomic E-state index is 13.0. The molecule has 96 heavy (non-hydrogen) atoms. The van der Waals surface area contributed by atoms with Gasteiger partial charge >= 0.3 is 77.9 Å². The molecule has 36 nitrogen and oxygen atoms in total. The molecule has 7 atom stereocenters. The van der Waals surface area contributed by atoms with Crippen molar-refractivity contribution in [3.8, 4) is 0 Å². The molecular formula is C59H99N9O27S. The highest BCUT2D eigenvalue weighted by atomic mass is 32.1. The summed E-state index contributed by atoms with van der Waals surface area (Å²) in [6, 6.07) is -1.63. The number of Topliss-reactive ketones (excluding diaryl/α,β-unsaturated/α-hetero) is 1. The molecule has 0 aromatic heterocycles. The van der Waals surface area contributed by atoms with Crippen molar-refractivity contribution in [1.29, 1.82) is 0 Å². The fourth-order valence-electron chi connectivity index (χ4n) is 6.08. The Morgan fingerprint density at radius 3 is 1.26 bits per heavy atom. The Bertz CT molecular complexity index is 2570. The maximum Gasteiger partial charge on any atom is 0.373 e. The van der Waals surface area contributed by atoms with Crippen LogP contribution in [-0.2, 0) is 89.6 Å². The molecule has 37 heteroatoms. The number of carbonyl (C=O) groups excluding carboxylic acids is 8. The van der Waals surface area contributed by atoms with Crippen molar-refractivity contribution in [2.45, 2.75) is 182 Å². The van der Waals surface area contributed by atoms with Gasteiger partial charge in [-0.15, -0.1) is 0 Å². The number of ketones is 1. The van der Waals surface area contributed by atoms with Crippen molar-refractivity contribution < 1.29 is 132 Å². The topological polar surface area (TPSA) is 604 Å². The Hall–Kier alpha value is -9.32. The van der Waals surface area contributed by atoms with Crippen LogP contribution in [0.5, 0.6) is 0 Å². The van der Waals surface area contributed by atoms with E-state index in [-0.39, 0.29) is 63.2 Å². The van der Waals surface area contributed by atoms with E-state index in [1.54, 1.807) is 24.3 Å². The number of ether oxygens (including phenoxy) is 1. The lowest BCUT2D eigenvalue weighted by Gasteiger charge is -2.21. The molecule has 0 aliphatic carbocycles. The number of thiol groups is 1. The number of nitrogens with one attached hydrogen (secondary N) is 8. The minimum atomic E-state index is -1.62. The van der Waals surface area contributed by atoms with Crippen LogP contribution < -0.4 is 48.3 Å². The van der Waals surface area contributed by atoms with Crippen LogP contribution in [0.2, 0.25) is 0 Å². The van der Waals surface area contributed by atoms with E-state index in [9.17, 15) is 87.2 Å². The number of esters is 1. The molecule has 0 aliphatic heterocycles. The quantitative estimate of drug-likeness (QED) is 0.0251. The van der Waals surface area contributed by atoms with Gasteiger partial charge in [-0.25, -0.2) is 19.2 Å². The van der Waals surface area contributed by atoms with Gasteiger partial charge in [0.2, 0.25) is 11.8 Å². The van der Waals surface area contributed by atoms with Gasteiger partial charge in [-0.1, -0.05) is 86.6 Å². The van der Waals surface area contributed by atoms with Crippen LogP contribution in [-0.4, -0.2) is 218 Å². The Balaban J connectivity index is -0.000000391. The number of urea groups is 2. The maximum atomic E-state index is 13.0. The summed E-state index contributed by atoms with van der Waals surface area (Å²) in [6.07, 6.45) is -1.87. The molecule has 0 fully saturated rings. The van der Waals surface area contributed by atoms with Crippen LogP contribution in [0.3, 0.4) is 0 Å². The van der Waals surface area contributed by atoms with Gasteiger partial charge in [0.1, 0.15) is 30.2 Å². The highest BCUT2D eigenvalue weighted by Crippen LogP contribution is 2.15. The SMILES string of the molecule is CC(C)(C)C.CC(C)(C)C.CCC(N)C(=O)OC.CN[C@@H](CC(=O)O)C(=O)O.CN[C@@H](CC(=O)O)C(=O)O.O=C(O)CCCNC(=O)N[C@@H](CCCCNC(=O)NCc1ccc(CC(=O)N[C@@H](CC(=O)O)C(=O)C[C@@H](CC(=O)O)C(=O)N[C@@H](CS)C(=O)O)cc1)C(=O)O.O=C=O. The van der Waals surface area contributed by atoms with Crippen LogP contribution in [0.4, 0.5) is 9.59 Å². The third-order valence-electron chi connectivity index (χ3n) is 10.6. The molecule has 0 aliphatic rings. The van der Waals surface area contributed by atoms with Crippen LogP contribution in [0.15, 0.2) is 24.3 Å². The normalized spacial score (nSPS) is 12.3. The van der Waals surface area contributed by atoms with Gasteiger partial charge in [0.05, 0.1) is 51.2 Å². The molecule has 0 heterocycles. The second-order valence-electron chi connectivity index (χ2n) is 23.3. The van der Waals surface area contributed by atoms with E-state index in [1.807, 2.05) is 6.92 Å². The number of nitrogens with two attached hydrogens (primary N) is 1. The Morgan fingerprint density at radius 1 is 0.521 bits per heavy atom. The minimum absolute atomic E-state index is 0.0642.